The Balaban J connectivity index is 1.41. The number of aryl methyl sites for hydroxylation is 1. The van der Waals surface area contributed by atoms with Crippen LogP contribution in [0.3, 0.4) is 0 Å². The van der Waals surface area contributed by atoms with Gasteiger partial charge < -0.3 is 25.4 Å². The zero-order valence-corrected chi connectivity index (χ0v) is 24.9. The molecule has 9 heteroatoms. The van der Waals surface area contributed by atoms with Gasteiger partial charge in [0.05, 0.1) is 11.3 Å². The van der Waals surface area contributed by atoms with Gasteiger partial charge in [0.1, 0.15) is 5.65 Å². The number of nitrogens with one attached hydrogen (secondary N) is 3. The van der Waals surface area contributed by atoms with E-state index in [2.05, 4.69) is 73.3 Å². The predicted octanol–water partition coefficient (Wildman–Crippen LogP) is 5.41. The summed E-state index contributed by atoms with van der Waals surface area (Å²) >= 11 is 0. The normalized spacial score (nSPS) is 13.5. The van der Waals surface area contributed by atoms with E-state index in [9.17, 15) is 9.59 Å². The monoisotopic (exact) mass is 585 g/mol. The highest BCUT2D eigenvalue weighted by Gasteiger charge is 2.20. The molecule has 1 aliphatic heterocycles. The molecule has 3 N–H and O–H groups in total. The van der Waals surface area contributed by atoms with Crippen molar-refractivity contribution in [2.75, 3.05) is 43.4 Å². The van der Waals surface area contributed by atoms with Gasteiger partial charge in [-0.1, -0.05) is 30.8 Å². The lowest BCUT2D eigenvalue weighted by Crippen LogP contribution is -2.44. The summed E-state index contributed by atoms with van der Waals surface area (Å²) in [6.45, 7) is 9.98. The van der Waals surface area contributed by atoms with Gasteiger partial charge in [-0.2, -0.15) is 0 Å². The Morgan fingerprint density at radius 1 is 0.977 bits per heavy atom. The molecule has 0 saturated carbocycles. The smallest absolute Gasteiger partial charge is 0.253 e. The minimum atomic E-state index is -0.279. The van der Waals surface area contributed by atoms with Gasteiger partial charge in [-0.05, 0) is 78.7 Å². The van der Waals surface area contributed by atoms with E-state index in [4.69, 9.17) is 0 Å². The molecular weight excluding hydrogens is 550 g/mol. The number of carbonyl (C=O) groups excluding carboxylic acids is 2. The lowest BCUT2D eigenvalue weighted by atomic mass is 9.96. The number of rotatable bonds is 8. The number of likely N-dealkylation sites (N-methyl/N-ethyl adjacent to an activating group) is 1. The van der Waals surface area contributed by atoms with Gasteiger partial charge >= 0.3 is 0 Å². The first-order valence-corrected chi connectivity index (χ1v) is 14.7. The maximum atomic E-state index is 13.2. The van der Waals surface area contributed by atoms with E-state index in [-0.39, 0.29) is 11.8 Å². The van der Waals surface area contributed by atoms with Gasteiger partial charge in [0.25, 0.3) is 5.91 Å². The Morgan fingerprint density at radius 2 is 1.70 bits per heavy atom. The second-order valence-corrected chi connectivity index (χ2v) is 11.1. The Bertz CT molecular complexity index is 1820. The van der Waals surface area contributed by atoms with Crippen LogP contribution in [0.2, 0.25) is 0 Å². The van der Waals surface area contributed by atoms with Gasteiger partial charge in [0, 0.05) is 73.6 Å². The molecule has 2 amide bonds. The van der Waals surface area contributed by atoms with Crippen LogP contribution >= 0.6 is 0 Å². The van der Waals surface area contributed by atoms with Crippen molar-refractivity contribution < 1.29 is 9.59 Å². The fraction of sp³-hybridized carbons (Fsp3) is 0.200. The van der Waals surface area contributed by atoms with Gasteiger partial charge in [0.15, 0.2) is 0 Å². The number of anilines is 2. The van der Waals surface area contributed by atoms with E-state index in [0.29, 0.717) is 23.4 Å². The van der Waals surface area contributed by atoms with E-state index >= 15 is 0 Å². The molecule has 222 valence electrons. The van der Waals surface area contributed by atoms with Crippen LogP contribution in [0.25, 0.3) is 33.4 Å². The van der Waals surface area contributed by atoms with Crippen LogP contribution in [0.1, 0.15) is 21.5 Å². The number of benzene rings is 2. The largest absolute Gasteiger partial charge is 0.369 e. The van der Waals surface area contributed by atoms with E-state index in [1.165, 1.54) is 11.8 Å². The molecule has 1 aliphatic rings. The van der Waals surface area contributed by atoms with Crippen LogP contribution in [0.4, 0.5) is 11.4 Å². The highest BCUT2D eigenvalue weighted by molar-refractivity contribution is 6.07. The number of amides is 2. The molecule has 0 unspecified atom stereocenters. The molecule has 3 aromatic heterocycles. The fourth-order valence-corrected chi connectivity index (χ4v) is 5.50. The SMILES string of the molecule is C=CC(=O)Nc1cc(-c2c(-c3ccc(N4CCN(C)CC4)cc3)[nH]c3ncc(C(=O)NCc4ccncc4)cc23)ccc1C. The molecule has 44 heavy (non-hydrogen) atoms. The standard InChI is InChI=1S/C35H35N7O2/c1-4-31(43)39-30-20-26(6-5-23(30)2)32-29-19-27(35(44)38-21-24-11-13-36-14-12-24)22-37-34(29)40-33(32)25-7-9-28(10-8-25)42-17-15-41(3)16-18-42/h4-14,19-20,22H,1,15-18,21H2,2-3H3,(H,37,40)(H,38,44)(H,39,43). The van der Waals surface area contributed by atoms with Crippen molar-refractivity contribution in [2.45, 2.75) is 13.5 Å². The van der Waals surface area contributed by atoms with Gasteiger partial charge in [0.2, 0.25) is 5.91 Å². The number of hydrogen-bond donors (Lipinski definition) is 3. The summed E-state index contributed by atoms with van der Waals surface area (Å²) in [5, 5.41) is 6.71. The maximum absolute atomic E-state index is 13.2. The van der Waals surface area contributed by atoms with Crippen LogP contribution in [-0.4, -0.2) is 64.9 Å². The molecule has 6 rings (SSSR count). The van der Waals surface area contributed by atoms with E-state index in [0.717, 1.165) is 65.1 Å². The first kappa shape index (κ1) is 28.8. The minimum absolute atomic E-state index is 0.218. The maximum Gasteiger partial charge on any atom is 0.253 e. The summed E-state index contributed by atoms with van der Waals surface area (Å²) in [6, 6.07) is 20.1. The number of pyridine rings is 2. The third-order valence-corrected chi connectivity index (χ3v) is 8.11. The molecule has 5 aromatic rings. The molecule has 4 heterocycles. The van der Waals surface area contributed by atoms with Gasteiger partial charge in [-0.3, -0.25) is 14.6 Å². The molecule has 0 spiro atoms. The van der Waals surface area contributed by atoms with Crippen molar-refractivity contribution >= 4 is 34.2 Å². The topological polar surface area (TPSA) is 106 Å². The predicted molar refractivity (Wildman–Crippen MR) is 176 cm³/mol. The Kier molecular flexibility index (Phi) is 8.21. The van der Waals surface area contributed by atoms with E-state index in [1.54, 1.807) is 18.6 Å². The number of H-pyrrole nitrogens is 1. The fourth-order valence-electron chi connectivity index (χ4n) is 5.50. The Morgan fingerprint density at radius 3 is 2.43 bits per heavy atom. The number of piperazine rings is 1. The van der Waals surface area contributed by atoms with Crippen molar-refractivity contribution in [3.8, 4) is 22.4 Å². The van der Waals surface area contributed by atoms with E-state index in [1.807, 2.05) is 43.3 Å². The number of fused-ring (bicyclic) bond motifs is 1. The van der Waals surface area contributed by atoms with Crippen LogP contribution in [0.15, 0.2) is 91.9 Å². The quantitative estimate of drug-likeness (QED) is 0.211. The molecule has 0 radical (unpaired) electrons. The van der Waals surface area contributed by atoms with Crippen LogP contribution in [-0.2, 0) is 11.3 Å². The average molecular weight is 586 g/mol. The molecular formula is C35H35N7O2. The zero-order chi connectivity index (χ0) is 30.6. The second-order valence-electron chi connectivity index (χ2n) is 11.1. The molecule has 9 nitrogen and oxygen atoms in total. The van der Waals surface area contributed by atoms with Crippen LogP contribution < -0.4 is 15.5 Å². The van der Waals surface area contributed by atoms with Crippen molar-refractivity contribution in [2.24, 2.45) is 0 Å². The van der Waals surface area contributed by atoms with Crippen molar-refractivity contribution in [3.05, 3.63) is 109 Å². The lowest BCUT2D eigenvalue weighted by molar-refractivity contribution is -0.111. The Hall–Kier alpha value is -5.28. The van der Waals surface area contributed by atoms with Crippen LogP contribution in [0.5, 0.6) is 0 Å². The summed E-state index contributed by atoms with van der Waals surface area (Å²) < 4.78 is 0. The van der Waals surface area contributed by atoms with Crippen molar-refractivity contribution in [1.29, 1.82) is 0 Å². The number of carbonyl (C=O) groups is 2. The lowest BCUT2D eigenvalue weighted by Gasteiger charge is -2.34. The molecule has 2 aromatic carbocycles. The summed E-state index contributed by atoms with van der Waals surface area (Å²) in [4.78, 5) is 42.4. The summed E-state index contributed by atoms with van der Waals surface area (Å²) in [6.07, 6.45) is 6.25. The summed E-state index contributed by atoms with van der Waals surface area (Å²) in [7, 11) is 2.15. The van der Waals surface area contributed by atoms with Gasteiger partial charge in [-0.25, -0.2) is 4.98 Å². The van der Waals surface area contributed by atoms with Crippen LogP contribution in [0, 0.1) is 6.92 Å². The summed E-state index contributed by atoms with van der Waals surface area (Å²) in [5.41, 5.74) is 8.56. The van der Waals surface area contributed by atoms with Crippen molar-refractivity contribution in [3.63, 3.8) is 0 Å². The molecule has 1 fully saturated rings. The molecule has 0 aliphatic carbocycles. The summed E-state index contributed by atoms with van der Waals surface area (Å²) in [5.74, 6) is -0.497. The molecule has 0 bridgehead atoms. The third-order valence-electron chi connectivity index (χ3n) is 8.11. The third kappa shape index (κ3) is 6.09. The minimum Gasteiger partial charge on any atom is -0.369 e. The van der Waals surface area contributed by atoms with Crippen molar-refractivity contribution in [1.82, 2.24) is 25.2 Å². The number of nitrogens with zero attached hydrogens (tertiary/aromatic N) is 4. The Labute approximate surface area is 256 Å². The zero-order valence-electron chi connectivity index (χ0n) is 24.9. The number of aromatic nitrogens is 3. The molecule has 0 atom stereocenters. The molecule has 1 saturated heterocycles. The number of aromatic amines is 1. The first-order valence-electron chi connectivity index (χ1n) is 14.7. The highest BCUT2D eigenvalue weighted by Crippen LogP contribution is 2.40. The highest BCUT2D eigenvalue weighted by atomic mass is 16.2. The van der Waals surface area contributed by atoms with Gasteiger partial charge in [-0.15, -0.1) is 0 Å². The number of hydrogen-bond acceptors (Lipinski definition) is 6. The first-order chi connectivity index (χ1) is 21.4. The average Bonchev–Trinajstić information content (AvgIpc) is 3.44. The second kappa shape index (κ2) is 12.5. The van der Waals surface area contributed by atoms with E-state index < -0.39 is 0 Å².